The third-order valence-electron chi connectivity index (χ3n) is 3.83. The zero-order valence-corrected chi connectivity index (χ0v) is 11.7. The van der Waals surface area contributed by atoms with E-state index >= 15 is 0 Å². The zero-order chi connectivity index (χ0) is 13.2. The number of nitrogens with zero attached hydrogens (tertiary/aromatic N) is 1. The molecule has 1 aliphatic heterocycles. The lowest BCUT2D eigenvalue weighted by molar-refractivity contribution is 0.414. The van der Waals surface area contributed by atoms with Crippen LogP contribution in [0.15, 0.2) is 35.1 Å². The molecule has 2 N–H and O–H groups in total. The van der Waals surface area contributed by atoms with Gasteiger partial charge in [0.05, 0.1) is 0 Å². The normalized spacial score (nSPS) is 16.8. The summed E-state index contributed by atoms with van der Waals surface area (Å²) in [5, 5.41) is 1.70. The molecule has 0 bridgehead atoms. The summed E-state index contributed by atoms with van der Waals surface area (Å²) in [6, 6.07) is 9.57. The summed E-state index contributed by atoms with van der Waals surface area (Å²) in [6.45, 7) is 0.760. The van der Waals surface area contributed by atoms with E-state index in [1.165, 1.54) is 24.3 Å². The average Bonchev–Trinajstić information content (AvgIpc) is 2.45. The van der Waals surface area contributed by atoms with Crippen molar-refractivity contribution >= 4 is 28.4 Å². The van der Waals surface area contributed by atoms with E-state index in [4.69, 9.17) is 5.73 Å². The first kappa shape index (κ1) is 12.6. The van der Waals surface area contributed by atoms with E-state index in [0.717, 1.165) is 17.3 Å². The van der Waals surface area contributed by atoms with Crippen LogP contribution in [0.25, 0.3) is 10.8 Å². The summed E-state index contributed by atoms with van der Waals surface area (Å²) in [4.78, 5) is 12.5. The first-order chi connectivity index (χ1) is 9.25. The molecule has 1 fully saturated rings. The largest absolute Gasteiger partial charge is 0.385 e. The Morgan fingerprint density at radius 3 is 2.79 bits per heavy atom. The van der Waals surface area contributed by atoms with Gasteiger partial charge in [-0.25, -0.2) is 0 Å². The van der Waals surface area contributed by atoms with Gasteiger partial charge in [-0.3, -0.25) is 9.36 Å². The van der Waals surface area contributed by atoms with Crippen LogP contribution in [0.4, 0.5) is 5.82 Å². The first-order valence-corrected chi connectivity index (χ1v) is 7.87. The molecule has 1 aromatic carbocycles. The fourth-order valence-electron chi connectivity index (χ4n) is 2.69. The van der Waals surface area contributed by atoms with Crippen molar-refractivity contribution < 1.29 is 0 Å². The van der Waals surface area contributed by atoms with Gasteiger partial charge < -0.3 is 5.73 Å². The maximum Gasteiger partial charge on any atom is 0.259 e. The number of fused-ring (bicyclic) bond motifs is 1. The van der Waals surface area contributed by atoms with Crippen LogP contribution in [0.5, 0.6) is 0 Å². The van der Waals surface area contributed by atoms with Gasteiger partial charge in [-0.05, 0) is 47.8 Å². The maximum atomic E-state index is 12.5. The summed E-state index contributed by atoms with van der Waals surface area (Å²) in [7, 11) is 0. The lowest BCUT2D eigenvalue weighted by atomic mass is 10.0. The summed E-state index contributed by atoms with van der Waals surface area (Å²) < 4.78 is 1.75. The Labute approximate surface area is 116 Å². The van der Waals surface area contributed by atoms with Gasteiger partial charge in [0.25, 0.3) is 5.56 Å². The molecule has 3 rings (SSSR count). The van der Waals surface area contributed by atoms with E-state index in [1.54, 1.807) is 4.57 Å². The second-order valence-corrected chi connectivity index (χ2v) is 6.35. The van der Waals surface area contributed by atoms with Crippen molar-refractivity contribution in [1.82, 2.24) is 4.57 Å². The molecule has 0 spiro atoms. The second-order valence-electron chi connectivity index (χ2n) is 5.13. The highest BCUT2D eigenvalue weighted by atomic mass is 32.2. The highest BCUT2D eigenvalue weighted by molar-refractivity contribution is 7.99. The molecule has 1 saturated heterocycles. The molecule has 1 aliphatic rings. The minimum Gasteiger partial charge on any atom is -0.385 e. The molecular weight excluding hydrogens is 256 g/mol. The molecule has 1 aromatic heterocycles. The number of nitrogens with two attached hydrogens (primary N) is 1. The molecule has 4 heteroatoms. The average molecular weight is 274 g/mol. The quantitative estimate of drug-likeness (QED) is 0.916. The summed E-state index contributed by atoms with van der Waals surface area (Å²) in [5.74, 6) is 3.57. The van der Waals surface area contributed by atoms with Crippen LogP contribution in [0, 0.1) is 5.92 Å². The lowest BCUT2D eigenvalue weighted by Gasteiger charge is -2.23. The highest BCUT2D eigenvalue weighted by Gasteiger charge is 2.16. The van der Waals surface area contributed by atoms with E-state index < -0.39 is 0 Å². The molecule has 2 aromatic rings. The number of benzene rings is 1. The number of aromatic nitrogens is 1. The van der Waals surface area contributed by atoms with Gasteiger partial charge in [-0.2, -0.15) is 11.8 Å². The van der Waals surface area contributed by atoms with Gasteiger partial charge in [0, 0.05) is 11.9 Å². The van der Waals surface area contributed by atoms with Crippen molar-refractivity contribution in [2.24, 2.45) is 5.92 Å². The molecule has 0 radical (unpaired) electrons. The SMILES string of the molecule is Nc1cc2ccccc2c(=O)n1CC1CCSCC1. The molecular formula is C15H18N2OS. The van der Waals surface area contributed by atoms with Crippen molar-refractivity contribution in [3.63, 3.8) is 0 Å². The fraction of sp³-hybridized carbons (Fsp3) is 0.400. The van der Waals surface area contributed by atoms with Crippen molar-refractivity contribution in [1.29, 1.82) is 0 Å². The minimum atomic E-state index is 0.0498. The zero-order valence-electron chi connectivity index (χ0n) is 10.8. The summed E-state index contributed by atoms with van der Waals surface area (Å²) in [6.07, 6.45) is 2.37. The maximum absolute atomic E-state index is 12.5. The van der Waals surface area contributed by atoms with Crippen LogP contribution < -0.4 is 11.3 Å². The molecule has 0 saturated carbocycles. The monoisotopic (exact) mass is 274 g/mol. The van der Waals surface area contributed by atoms with Gasteiger partial charge in [0.2, 0.25) is 0 Å². The third kappa shape index (κ3) is 2.50. The van der Waals surface area contributed by atoms with Crippen LogP contribution in [0.3, 0.4) is 0 Å². The van der Waals surface area contributed by atoms with Crippen LogP contribution in [-0.2, 0) is 6.54 Å². The molecule has 0 amide bonds. The van der Waals surface area contributed by atoms with E-state index in [-0.39, 0.29) is 5.56 Å². The molecule has 3 nitrogen and oxygen atoms in total. The number of anilines is 1. The predicted octanol–water partition coefficient (Wildman–Crippen LogP) is 2.73. The molecule has 0 aliphatic carbocycles. The third-order valence-corrected chi connectivity index (χ3v) is 4.88. The van der Waals surface area contributed by atoms with Crippen LogP contribution in [0.1, 0.15) is 12.8 Å². The second kappa shape index (κ2) is 5.29. The number of hydrogen-bond acceptors (Lipinski definition) is 3. The van der Waals surface area contributed by atoms with Crippen molar-refractivity contribution in [2.45, 2.75) is 19.4 Å². The Kier molecular flexibility index (Phi) is 3.51. The molecule has 0 atom stereocenters. The van der Waals surface area contributed by atoms with Gasteiger partial charge >= 0.3 is 0 Å². The number of thioether (sulfide) groups is 1. The predicted molar refractivity (Wildman–Crippen MR) is 82.7 cm³/mol. The highest BCUT2D eigenvalue weighted by Crippen LogP contribution is 2.25. The van der Waals surface area contributed by atoms with E-state index in [9.17, 15) is 4.79 Å². The van der Waals surface area contributed by atoms with Crippen molar-refractivity contribution in [3.05, 3.63) is 40.7 Å². The van der Waals surface area contributed by atoms with E-state index in [1.807, 2.05) is 42.1 Å². The van der Waals surface area contributed by atoms with Crippen LogP contribution in [0.2, 0.25) is 0 Å². The Morgan fingerprint density at radius 1 is 1.26 bits per heavy atom. The molecule has 100 valence electrons. The summed E-state index contributed by atoms with van der Waals surface area (Å²) in [5.41, 5.74) is 6.11. The standard InChI is InChI=1S/C15H18N2OS/c16-14-9-12-3-1-2-4-13(12)15(18)17(14)10-11-5-7-19-8-6-11/h1-4,9,11H,5-8,10,16H2. The van der Waals surface area contributed by atoms with Gasteiger partial charge in [-0.1, -0.05) is 18.2 Å². The van der Waals surface area contributed by atoms with E-state index in [0.29, 0.717) is 11.7 Å². The van der Waals surface area contributed by atoms with E-state index in [2.05, 4.69) is 0 Å². The summed E-state index contributed by atoms with van der Waals surface area (Å²) >= 11 is 2.00. The van der Waals surface area contributed by atoms with Gasteiger partial charge in [0.1, 0.15) is 5.82 Å². The molecule has 2 heterocycles. The van der Waals surface area contributed by atoms with Crippen LogP contribution >= 0.6 is 11.8 Å². The van der Waals surface area contributed by atoms with Crippen molar-refractivity contribution in [2.75, 3.05) is 17.2 Å². The van der Waals surface area contributed by atoms with Crippen molar-refractivity contribution in [3.8, 4) is 0 Å². The number of nitrogen functional groups attached to an aromatic ring is 1. The lowest BCUT2D eigenvalue weighted by Crippen LogP contribution is -2.28. The Balaban J connectivity index is 2.00. The van der Waals surface area contributed by atoms with Gasteiger partial charge in [-0.15, -0.1) is 0 Å². The first-order valence-electron chi connectivity index (χ1n) is 6.71. The Bertz CT molecular complexity index is 644. The topological polar surface area (TPSA) is 48.0 Å². The smallest absolute Gasteiger partial charge is 0.259 e. The number of pyridine rings is 1. The fourth-order valence-corrected chi connectivity index (χ4v) is 3.90. The number of rotatable bonds is 2. The number of hydrogen-bond donors (Lipinski definition) is 1. The Hall–Kier alpha value is -1.42. The van der Waals surface area contributed by atoms with Gasteiger partial charge in [0.15, 0.2) is 0 Å². The van der Waals surface area contributed by atoms with Crippen LogP contribution in [-0.4, -0.2) is 16.1 Å². The Morgan fingerprint density at radius 2 is 2.00 bits per heavy atom. The molecule has 19 heavy (non-hydrogen) atoms. The minimum absolute atomic E-state index is 0.0498. The molecule has 0 unspecified atom stereocenters.